The zero-order chi connectivity index (χ0) is 12.0. The highest BCUT2D eigenvalue weighted by atomic mass is 79.9. The number of nitrogens with zero attached hydrogens (tertiary/aromatic N) is 1. The molecule has 0 aromatic heterocycles. The Morgan fingerprint density at radius 3 is 2.20 bits per heavy atom. The van der Waals surface area contributed by atoms with Gasteiger partial charge in [0.25, 0.3) is 5.09 Å². The Labute approximate surface area is 110 Å². The van der Waals surface area contributed by atoms with E-state index < -0.39 is 5.09 Å². The fourth-order valence-corrected chi connectivity index (χ4v) is 2.04. The number of nitrogens with one attached hydrogen (secondary N) is 1. The minimum absolute atomic E-state index is 0.847. The summed E-state index contributed by atoms with van der Waals surface area (Å²) in [6.45, 7) is 0. The Bertz CT molecular complexity index is 357. The minimum Gasteiger partial charge on any atom is -0.328 e. The molecule has 0 atom stereocenters. The standard InChI is InChI=1S/C6H5Br3N2.HNO3/c7-3-1-2-4(11-10)6(9)5(3)8;2-1(3)4/h1-2,11H,10H2;(H,2,3,4). The third kappa shape index (κ3) is 5.30. The van der Waals surface area contributed by atoms with E-state index in [9.17, 15) is 0 Å². The molecular formula is C6H6Br3N3O3. The third-order valence-electron chi connectivity index (χ3n) is 1.19. The molecular weight excluding hydrogens is 402 g/mol. The summed E-state index contributed by atoms with van der Waals surface area (Å²) in [5.41, 5.74) is 3.41. The summed E-state index contributed by atoms with van der Waals surface area (Å²) in [4.78, 5) is 8.36. The van der Waals surface area contributed by atoms with Gasteiger partial charge < -0.3 is 10.6 Å². The highest BCUT2D eigenvalue weighted by Gasteiger charge is 2.05. The van der Waals surface area contributed by atoms with Gasteiger partial charge >= 0.3 is 0 Å². The van der Waals surface area contributed by atoms with Gasteiger partial charge in [-0.25, -0.2) is 0 Å². The molecule has 9 heteroatoms. The number of hydrogen-bond donors (Lipinski definition) is 3. The van der Waals surface area contributed by atoms with Gasteiger partial charge in [-0.1, -0.05) is 0 Å². The van der Waals surface area contributed by atoms with Gasteiger partial charge in [0.2, 0.25) is 0 Å². The molecule has 0 aliphatic rings. The molecule has 0 saturated heterocycles. The van der Waals surface area contributed by atoms with Gasteiger partial charge in [0.15, 0.2) is 0 Å². The number of hydrogen-bond acceptors (Lipinski definition) is 4. The second-order valence-electron chi connectivity index (χ2n) is 2.11. The van der Waals surface area contributed by atoms with Gasteiger partial charge in [-0.05, 0) is 59.9 Å². The van der Waals surface area contributed by atoms with Crippen LogP contribution in [0.3, 0.4) is 0 Å². The van der Waals surface area contributed by atoms with Crippen LogP contribution >= 0.6 is 47.8 Å². The van der Waals surface area contributed by atoms with Crippen LogP contribution in [-0.4, -0.2) is 10.3 Å². The number of nitrogen functional groups attached to an aromatic ring is 1. The maximum atomic E-state index is 8.36. The Balaban J connectivity index is 0.000000423. The van der Waals surface area contributed by atoms with E-state index in [2.05, 4.69) is 53.2 Å². The number of benzene rings is 1. The molecule has 15 heavy (non-hydrogen) atoms. The van der Waals surface area contributed by atoms with Crippen molar-refractivity contribution in [2.24, 2.45) is 5.84 Å². The van der Waals surface area contributed by atoms with Gasteiger partial charge in [-0.2, -0.15) is 0 Å². The van der Waals surface area contributed by atoms with E-state index in [1.54, 1.807) is 0 Å². The average Bonchev–Trinajstić information content (AvgIpc) is 2.14. The lowest BCUT2D eigenvalue weighted by atomic mass is 10.3. The van der Waals surface area contributed by atoms with Crippen molar-refractivity contribution in [3.8, 4) is 0 Å². The number of nitrogens with two attached hydrogens (primary N) is 1. The molecule has 0 saturated carbocycles. The second-order valence-corrected chi connectivity index (χ2v) is 4.55. The van der Waals surface area contributed by atoms with E-state index in [4.69, 9.17) is 21.2 Å². The molecule has 0 aliphatic heterocycles. The molecule has 6 nitrogen and oxygen atoms in total. The van der Waals surface area contributed by atoms with E-state index >= 15 is 0 Å². The van der Waals surface area contributed by atoms with Crippen molar-refractivity contribution >= 4 is 53.5 Å². The maximum Gasteiger partial charge on any atom is 0.291 e. The minimum atomic E-state index is -1.50. The Morgan fingerprint density at radius 2 is 1.80 bits per heavy atom. The highest BCUT2D eigenvalue weighted by molar-refractivity contribution is 9.14. The zero-order valence-corrected chi connectivity index (χ0v) is 11.8. The molecule has 0 heterocycles. The van der Waals surface area contributed by atoms with Gasteiger partial charge in [-0.15, -0.1) is 10.1 Å². The van der Waals surface area contributed by atoms with Crippen molar-refractivity contribution in [1.29, 1.82) is 0 Å². The summed E-state index contributed by atoms with van der Waals surface area (Å²) in [6, 6.07) is 3.78. The lowest BCUT2D eigenvalue weighted by Crippen LogP contribution is -2.07. The summed E-state index contributed by atoms with van der Waals surface area (Å²) in [5, 5.41) is 13.6. The molecule has 0 aliphatic carbocycles. The number of rotatable bonds is 1. The molecule has 0 radical (unpaired) electrons. The summed E-state index contributed by atoms with van der Waals surface area (Å²) in [5.74, 6) is 5.25. The van der Waals surface area contributed by atoms with Crippen molar-refractivity contribution in [1.82, 2.24) is 0 Å². The highest BCUT2D eigenvalue weighted by Crippen LogP contribution is 2.35. The quantitative estimate of drug-likeness (QED) is 0.287. The first kappa shape index (κ1) is 14.6. The Hall–Kier alpha value is -0.380. The smallest absolute Gasteiger partial charge is 0.291 e. The first-order chi connectivity index (χ1) is 6.90. The van der Waals surface area contributed by atoms with Crippen LogP contribution in [0.2, 0.25) is 0 Å². The van der Waals surface area contributed by atoms with Crippen molar-refractivity contribution < 1.29 is 10.3 Å². The SMILES string of the molecule is NNc1ccc(Br)c(Br)c1Br.O=[N+]([O-])O. The summed E-state index contributed by atoms with van der Waals surface area (Å²) >= 11 is 10.1. The lowest BCUT2D eigenvalue weighted by molar-refractivity contribution is -0.742. The summed E-state index contributed by atoms with van der Waals surface area (Å²) < 4.78 is 2.85. The first-order valence-electron chi connectivity index (χ1n) is 3.33. The lowest BCUT2D eigenvalue weighted by Gasteiger charge is -2.05. The van der Waals surface area contributed by atoms with Crippen molar-refractivity contribution in [3.05, 3.63) is 35.7 Å². The van der Waals surface area contributed by atoms with Gasteiger partial charge in [0.1, 0.15) is 0 Å². The van der Waals surface area contributed by atoms with Crippen LogP contribution in [-0.2, 0) is 0 Å². The third-order valence-corrected chi connectivity index (χ3v) is 4.56. The van der Waals surface area contributed by atoms with Gasteiger partial charge in [0, 0.05) is 8.95 Å². The Kier molecular flexibility index (Phi) is 6.81. The molecule has 0 amide bonds. The van der Waals surface area contributed by atoms with Crippen molar-refractivity contribution in [2.75, 3.05) is 5.43 Å². The zero-order valence-electron chi connectivity index (χ0n) is 7.08. The maximum absolute atomic E-state index is 8.36. The molecule has 0 fully saturated rings. The van der Waals surface area contributed by atoms with Crippen molar-refractivity contribution in [2.45, 2.75) is 0 Å². The monoisotopic (exact) mass is 405 g/mol. The van der Waals surface area contributed by atoms with Crippen LogP contribution in [0.1, 0.15) is 0 Å². The molecule has 1 rings (SSSR count). The second kappa shape index (κ2) is 6.99. The summed E-state index contributed by atoms with van der Waals surface area (Å²) in [6.07, 6.45) is 0. The fraction of sp³-hybridized carbons (Fsp3) is 0. The average molecular weight is 408 g/mol. The molecule has 84 valence electrons. The van der Waals surface area contributed by atoms with Crippen LogP contribution < -0.4 is 11.3 Å². The molecule has 1 aromatic carbocycles. The molecule has 1 aromatic rings. The van der Waals surface area contributed by atoms with Crippen LogP contribution in [0, 0.1) is 10.1 Å². The van der Waals surface area contributed by atoms with Crippen LogP contribution in [0.4, 0.5) is 5.69 Å². The summed E-state index contributed by atoms with van der Waals surface area (Å²) in [7, 11) is 0. The predicted octanol–water partition coefficient (Wildman–Crippen LogP) is 2.91. The van der Waals surface area contributed by atoms with Crippen LogP contribution in [0.5, 0.6) is 0 Å². The van der Waals surface area contributed by atoms with E-state index in [-0.39, 0.29) is 0 Å². The predicted molar refractivity (Wildman–Crippen MR) is 66.1 cm³/mol. The Morgan fingerprint density at radius 1 is 1.33 bits per heavy atom. The molecule has 0 spiro atoms. The molecule has 0 unspecified atom stereocenters. The normalized spacial score (nSPS) is 8.80. The number of hydrazine groups is 1. The topological polar surface area (TPSA) is 101 Å². The number of anilines is 1. The van der Waals surface area contributed by atoms with E-state index in [1.807, 2.05) is 12.1 Å². The first-order valence-corrected chi connectivity index (χ1v) is 5.71. The van der Waals surface area contributed by atoms with Gasteiger partial charge in [-0.3, -0.25) is 5.84 Å². The van der Waals surface area contributed by atoms with Crippen LogP contribution in [0.25, 0.3) is 0 Å². The van der Waals surface area contributed by atoms with Crippen LogP contribution in [0.15, 0.2) is 25.6 Å². The largest absolute Gasteiger partial charge is 0.328 e. The van der Waals surface area contributed by atoms with E-state index in [0.29, 0.717) is 0 Å². The fourth-order valence-electron chi connectivity index (χ4n) is 0.637. The van der Waals surface area contributed by atoms with Crippen molar-refractivity contribution in [3.63, 3.8) is 0 Å². The van der Waals surface area contributed by atoms with E-state index in [0.717, 1.165) is 19.1 Å². The molecule has 4 N–H and O–H groups in total. The van der Waals surface area contributed by atoms with E-state index in [1.165, 1.54) is 0 Å². The number of halogens is 3. The molecule has 0 bridgehead atoms. The van der Waals surface area contributed by atoms with Gasteiger partial charge in [0.05, 0.1) is 10.2 Å².